The molecular weight excluding hydrogens is 329 g/mol. The second-order valence-corrected chi connectivity index (χ2v) is 15.6. The van der Waals surface area contributed by atoms with E-state index in [1.807, 2.05) is 0 Å². The SMILES string of the molecule is [Br][Zn][Br].[CH2]CCC(=O)OCC. The van der Waals surface area contributed by atoms with Gasteiger partial charge in [0.05, 0.1) is 6.61 Å². The first-order valence-corrected chi connectivity index (χ1v) is 17.2. The molecular formula is C6H11Br2O2Zn. The van der Waals surface area contributed by atoms with E-state index in [4.69, 9.17) is 0 Å². The monoisotopic (exact) mass is 337 g/mol. The molecule has 1 radical (unpaired) electrons. The van der Waals surface area contributed by atoms with Crippen LogP contribution in [0.3, 0.4) is 0 Å². The summed E-state index contributed by atoms with van der Waals surface area (Å²) in [6, 6.07) is 0. The van der Waals surface area contributed by atoms with Gasteiger partial charge in [0.25, 0.3) is 0 Å². The van der Waals surface area contributed by atoms with Crippen LogP contribution in [0.4, 0.5) is 0 Å². The Morgan fingerprint density at radius 3 is 2.36 bits per heavy atom. The summed E-state index contributed by atoms with van der Waals surface area (Å²) < 4.78 is 4.60. The van der Waals surface area contributed by atoms with Crippen LogP contribution in [0.25, 0.3) is 0 Å². The smallest absolute Gasteiger partial charge is 0.305 e. The van der Waals surface area contributed by atoms with Gasteiger partial charge in [-0.05, 0) is 13.3 Å². The van der Waals surface area contributed by atoms with Gasteiger partial charge >= 0.3 is 46.4 Å². The molecule has 63 valence electrons. The van der Waals surface area contributed by atoms with E-state index in [1.54, 1.807) is 6.92 Å². The Hall–Kier alpha value is 1.05. The van der Waals surface area contributed by atoms with Crippen molar-refractivity contribution in [3.05, 3.63) is 6.92 Å². The summed E-state index contributed by atoms with van der Waals surface area (Å²) in [5.41, 5.74) is 0. The number of ether oxygens (including phenoxy) is 1. The quantitative estimate of drug-likeness (QED) is 0.583. The first kappa shape index (κ1) is 14.6. The molecule has 0 bridgehead atoms. The molecule has 5 heteroatoms. The Labute approximate surface area is 88.8 Å². The minimum atomic E-state index is -0.250. The van der Waals surface area contributed by atoms with Crippen molar-refractivity contribution in [3.8, 4) is 0 Å². The molecule has 0 saturated carbocycles. The summed E-state index contributed by atoms with van der Waals surface area (Å²) in [4.78, 5) is 10.4. The van der Waals surface area contributed by atoms with Crippen LogP contribution in [0.2, 0.25) is 0 Å². The largest absolute Gasteiger partial charge is 0.466 e. The van der Waals surface area contributed by atoms with Gasteiger partial charge in [0.2, 0.25) is 0 Å². The summed E-state index contributed by atoms with van der Waals surface area (Å²) in [6.45, 7) is 5.77. The van der Waals surface area contributed by atoms with Crippen molar-refractivity contribution in [2.75, 3.05) is 6.61 Å². The van der Waals surface area contributed by atoms with Crippen LogP contribution in [0.5, 0.6) is 0 Å². The molecule has 0 unspecified atom stereocenters. The molecule has 0 aromatic rings. The molecule has 0 saturated heterocycles. The Bertz CT molecular complexity index is 82.7. The maximum Gasteiger partial charge on any atom is 0.305 e. The van der Waals surface area contributed by atoms with E-state index in [2.05, 4.69) is 38.9 Å². The first-order valence-electron chi connectivity index (χ1n) is 3.29. The zero-order valence-electron chi connectivity index (χ0n) is 6.61. The molecule has 2 nitrogen and oxygen atoms in total. The van der Waals surface area contributed by atoms with Crippen molar-refractivity contribution in [3.63, 3.8) is 0 Å². The van der Waals surface area contributed by atoms with Gasteiger partial charge in [0.15, 0.2) is 0 Å². The molecule has 0 spiro atoms. The third-order valence-electron chi connectivity index (χ3n) is 0.686. The Morgan fingerprint density at radius 2 is 2.09 bits per heavy atom. The van der Waals surface area contributed by atoms with Gasteiger partial charge in [0.1, 0.15) is 0 Å². The van der Waals surface area contributed by atoms with Gasteiger partial charge in [-0.1, -0.05) is 6.92 Å². The fraction of sp³-hybridized carbons (Fsp3) is 0.667. The standard InChI is InChI=1S/C6H11O2.2BrH.Zn/c1-3-5-6(7)8-4-2;;;/h1,3-5H2,2H3;2*1H;/q;;;+2/p-2. The molecule has 0 aliphatic carbocycles. The van der Waals surface area contributed by atoms with Crippen molar-refractivity contribution in [2.45, 2.75) is 19.8 Å². The van der Waals surface area contributed by atoms with Gasteiger partial charge in [-0.3, -0.25) is 4.79 Å². The number of halogens is 2. The number of hydrogen-bond acceptors (Lipinski definition) is 2. The maximum absolute atomic E-state index is 10.4. The minimum Gasteiger partial charge on any atom is -0.466 e. The van der Waals surface area contributed by atoms with Crippen LogP contribution >= 0.6 is 27.2 Å². The fourth-order valence-electron chi connectivity index (χ4n) is 0.377. The number of hydrogen-bond donors (Lipinski definition) is 0. The predicted octanol–water partition coefficient (Wildman–Crippen LogP) is 2.85. The van der Waals surface area contributed by atoms with E-state index in [0.717, 1.165) is 0 Å². The number of carbonyl (C=O) groups is 1. The molecule has 11 heavy (non-hydrogen) atoms. The van der Waals surface area contributed by atoms with Crippen molar-refractivity contribution < 1.29 is 22.7 Å². The van der Waals surface area contributed by atoms with Crippen LogP contribution in [0, 0.1) is 6.92 Å². The van der Waals surface area contributed by atoms with E-state index in [-0.39, 0.29) is 19.2 Å². The van der Waals surface area contributed by atoms with Crippen molar-refractivity contribution in [1.82, 2.24) is 0 Å². The topological polar surface area (TPSA) is 26.3 Å². The average molecular weight is 340 g/mol. The van der Waals surface area contributed by atoms with E-state index in [9.17, 15) is 4.79 Å². The molecule has 0 heterocycles. The summed E-state index contributed by atoms with van der Waals surface area (Å²) >= 11 is 6.25. The molecule has 0 aromatic carbocycles. The number of esters is 1. The molecule has 0 aliphatic heterocycles. The Balaban J connectivity index is 0. The van der Waals surface area contributed by atoms with E-state index >= 15 is 0 Å². The van der Waals surface area contributed by atoms with Crippen LogP contribution < -0.4 is 0 Å². The molecule has 0 amide bonds. The maximum atomic E-state index is 10.4. The summed E-state index contributed by atoms with van der Waals surface area (Å²) in [5.74, 6) is -0.150. The average Bonchev–Trinajstić information content (AvgIpc) is 1.90. The summed E-state index contributed by atoms with van der Waals surface area (Å²) in [5, 5.41) is 0. The van der Waals surface area contributed by atoms with E-state index in [0.29, 0.717) is 19.4 Å². The third kappa shape index (κ3) is 18.2. The minimum absolute atomic E-state index is 0.150. The van der Waals surface area contributed by atoms with Gasteiger partial charge < -0.3 is 4.74 Å². The predicted molar refractivity (Wildman–Crippen MR) is 49.1 cm³/mol. The Kier molecular flexibility index (Phi) is 18.1. The van der Waals surface area contributed by atoms with E-state index < -0.39 is 0 Å². The summed E-state index contributed by atoms with van der Waals surface area (Å²) in [6.07, 6.45) is 1.06. The molecule has 0 fully saturated rings. The van der Waals surface area contributed by atoms with Crippen molar-refractivity contribution >= 4 is 33.2 Å². The van der Waals surface area contributed by atoms with Crippen LogP contribution in [0.1, 0.15) is 19.8 Å². The van der Waals surface area contributed by atoms with Crippen LogP contribution in [-0.4, -0.2) is 12.6 Å². The second-order valence-electron chi connectivity index (χ2n) is 1.51. The third-order valence-corrected chi connectivity index (χ3v) is 0.686. The van der Waals surface area contributed by atoms with Gasteiger partial charge in [-0.25, -0.2) is 0 Å². The van der Waals surface area contributed by atoms with Crippen LogP contribution in [-0.2, 0) is 22.7 Å². The van der Waals surface area contributed by atoms with Gasteiger partial charge in [-0.2, -0.15) is 0 Å². The molecule has 0 atom stereocenters. The van der Waals surface area contributed by atoms with Crippen molar-refractivity contribution in [2.24, 2.45) is 0 Å². The van der Waals surface area contributed by atoms with Gasteiger partial charge in [-0.15, -0.1) is 0 Å². The molecule has 0 rings (SSSR count). The molecule has 0 aliphatic rings. The zero-order chi connectivity index (χ0) is 9.11. The molecule has 0 aromatic heterocycles. The normalized spacial score (nSPS) is 7.27. The Morgan fingerprint density at radius 1 is 1.64 bits per heavy atom. The number of rotatable bonds is 3. The second kappa shape index (κ2) is 13.6. The summed E-state index contributed by atoms with van der Waals surface area (Å²) in [7, 11) is 0. The van der Waals surface area contributed by atoms with Crippen molar-refractivity contribution in [1.29, 1.82) is 0 Å². The fourth-order valence-corrected chi connectivity index (χ4v) is 0.377. The molecule has 0 N–H and O–H groups in total. The zero-order valence-corrected chi connectivity index (χ0v) is 12.7. The number of carbonyl (C=O) groups excluding carboxylic acids is 1. The first-order chi connectivity index (χ1) is 5.22. The van der Waals surface area contributed by atoms with Crippen LogP contribution in [0.15, 0.2) is 0 Å². The van der Waals surface area contributed by atoms with E-state index in [1.165, 1.54) is 0 Å². The van der Waals surface area contributed by atoms with Gasteiger partial charge in [0, 0.05) is 6.42 Å².